The number of para-hydroxylation sites is 2. The van der Waals surface area contributed by atoms with E-state index in [1.165, 1.54) is 48.4 Å². The monoisotopic (exact) mass is 628 g/mol. The van der Waals surface area contributed by atoms with E-state index in [1.807, 2.05) is 0 Å². The summed E-state index contributed by atoms with van der Waals surface area (Å²) in [5.74, 6) is 0. The van der Waals surface area contributed by atoms with Crippen molar-refractivity contribution in [1.82, 2.24) is 9.38 Å². The van der Waals surface area contributed by atoms with Crippen LogP contribution in [0, 0.1) is 0 Å². The molecule has 48 heavy (non-hydrogen) atoms. The zero-order valence-corrected chi connectivity index (χ0v) is 27.4. The Morgan fingerprint density at radius 1 is 0.375 bits per heavy atom. The normalized spacial score (nSPS) is 11.8. The summed E-state index contributed by atoms with van der Waals surface area (Å²) < 4.78 is 2.24. The molecule has 9 rings (SSSR count). The predicted octanol–water partition coefficient (Wildman–Crippen LogP) is 8.35. The second-order valence-electron chi connectivity index (χ2n) is 12.4. The quantitative estimate of drug-likeness (QED) is 0.134. The van der Waals surface area contributed by atoms with Gasteiger partial charge in [-0.05, 0) is 55.0 Å². The van der Waals surface area contributed by atoms with Crippen molar-refractivity contribution in [2.75, 3.05) is 0 Å². The molecule has 0 aliphatic heterocycles. The lowest BCUT2D eigenvalue weighted by molar-refractivity contribution is 1.25. The van der Waals surface area contributed by atoms with Gasteiger partial charge in [-0.25, -0.2) is 4.98 Å². The Morgan fingerprint density at radius 2 is 0.812 bits per heavy atom. The van der Waals surface area contributed by atoms with Crippen LogP contribution in [0.3, 0.4) is 0 Å². The first-order valence-corrected chi connectivity index (χ1v) is 18.5. The molecule has 0 aliphatic carbocycles. The molecule has 0 saturated carbocycles. The molecule has 0 aliphatic rings. The summed E-state index contributed by atoms with van der Waals surface area (Å²) in [5, 5.41) is 7.90. The van der Waals surface area contributed by atoms with Crippen molar-refractivity contribution in [3.63, 3.8) is 0 Å². The molecule has 0 bridgehead atoms. The van der Waals surface area contributed by atoms with Gasteiger partial charge in [0.1, 0.15) is 5.65 Å². The zero-order valence-electron chi connectivity index (χ0n) is 26.4. The van der Waals surface area contributed by atoms with Gasteiger partial charge in [0.15, 0.2) is 8.07 Å². The first-order chi connectivity index (χ1) is 23.8. The maximum atomic E-state index is 4.98. The third-order valence-corrected chi connectivity index (χ3v) is 14.6. The van der Waals surface area contributed by atoms with Crippen molar-refractivity contribution in [3.05, 3.63) is 194 Å². The lowest BCUT2D eigenvalue weighted by Crippen LogP contribution is -2.74. The number of fused-ring (bicyclic) bond motifs is 5. The Balaban J connectivity index is 1.14. The highest BCUT2D eigenvalue weighted by Crippen LogP contribution is 2.34. The van der Waals surface area contributed by atoms with E-state index in [1.54, 1.807) is 0 Å². The Morgan fingerprint density at radius 3 is 1.40 bits per heavy atom. The SMILES string of the molecule is c1ccc([Si](c2ccccc2)(c2ccccc2)c2ccc(-c3ccc(-c4cn5c6ccccc6nc5c5ccccc45)cc3)cc2)cc1. The summed E-state index contributed by atoms with van der Waals surface area (Å²) in [7, 11) is -2.55. The minimum atomic E-state index is -2.55. The Labute approximate surface area is 281 Å². The predicted molar refractivity (Wildman–Crippen MR) is 205 cm³/mol. The molecule has 0 amide bonds. The molecule has 3 heteroatoms. The highest BCUT2D eigenvalue weighted by atomic mass is 28.3. The van der Waals surface area contributed by atoms with Gasteiger partial charge in [-0.15, -0.1) is 0 Å². The van der Waals surface area contributed by atoms with Gasteiger partial charge in [0.25, 0.3) is 0 Å². The molecular formula is C45H32N2Si. The van der Waals surface area contributed by atoms with Gasteiger partial charge in [-0.1, -0.05) is 176 Å². The van der Waals surface area contributed by atoms with E-state index in [9.17, 15) is 0 Å². The van der Waals surface area contributed by atoms with Crippen LogP contribution in [0.4, 0.5) is 0 Å². The number of hydrogen-bond acceptors (Lipinski definition) is 1. The Kier molecular flexibility index (Phi) is 6.84. The molecule has 0 unspecified atom stereocenters. The van der Waals surface area contributed by atoms with Crippen LogP contribution in [0.5, 0.6) is 0 Å². The lowest BCUT2D eigenvalue weighted by Gasteiger charge is -2.34. The van der Waals surface area contributed by atoms with Crippen molar-refractivity contribution in [3.8, 4) is 22.3 Å². The summed E-state index contributed by atoms with van der Waals surface area (Å²) in [6, 6.07) is 68.6. The summed E-state index contributed by atoms with van der Waals surface area (Å²) in [6.45, 7) is 0. The molecule has 0 N–H and O–H groups in total. The van der Waals surface area contributed by atoms with Crippen molar-refractivity contribution < 1.29 is 0 Å². The molecule has 0 spiro atoms. The smallest absolute Gasteiger partial charge is 0.179 e. The maximum Gasteiger partial charge on any atom is 0.179 e. The minimum Gasteiger partial charge on any atom is -0.298 e. The molecule has 0 fully saturated rings. The largest absolute Gasteiger partial charge is 0.298 e. The number of nitrogens with zero attached hydrogens (tertiary/aromatic N) is 2. The van der Waals surface area contributed by atoms with Crippen LogP contribution in [-0.4, -0.2) is 17.5 Å². The minimum absolute atomic E-state index is 0.994. The van der Waals surface area contributed by atoms with E-state index in [0.29, 0.717) is 0 Å². The van der Waals surface area contributed by atoms with Crippen LogP contribution in [0.25, 0.3) is 49.7 Å². The molecule has 2 aromatic heterocycles. The highest BCUT2D eigenvalue weighted by Gasteiger charge is 2.41. The lowest BCUT2D eigenvalue weighted by atomic mass is 9.98. The fourth-order valence-corrected chi connectivity index (χ4v) is 12.3. The summed E-state index contributed by atoms with van der Waals surface area (Å²) in [5.41, 5.74) is 7.93. The molecule has 0 radical (unpaired) electrons. The van der Waals surface area contributed by atoms with Crippen LogP contribution in [-0.2, 0) is 0 Å². The number of pyridine rings is 1. The highest BCUT2D eigenvalue weighted by molar-refractivity contribution is 7.19. The van der Waals surface area contributed by atoms with E-state index in [4.69, 9.17) is 4.98 Å². The van der Waals surface area contributed by atoms with E-state index in [2.05, 4.69) is 199 Å². The standard InChI is InChI=1S/C45H32N2Si/c1-4-14-36(15-5-1)48(37-16-6-2-7-17-37,38-18-8-3-9-19-38)39-30-28-34(29-31-39)33-24-26-35(27-25-33)42-32-47-44-23-13-12-22-43(44)46-45(47)41-21-11-10-20-40(41)42/h1-32H. The van der Waals surface area contributed by atoms with Crippen LogP contribution in [0.15, 0.2) is 194 Å². The average Bonchev–Trinajstić information content (AvgIpc) is 3.56. The third kappa shape index (κ3) is 4.51. The van der Waals surface area contributed by atoms with Crippen molar-refractivity contribution >= 4 is 56.3 Å². The van der Waals surface area contributed by atoms with Gasteiger partial charge in [0, 0.05) is 17.1 Å². The number of aromatic nitrogens is 2. The van der Waals surface area contributed by atoms with Gasteiger partial charge in [0.2, 0.25) is 0 Å². The van der Waals surface area contributed by atoms with Crippen LogP contribution in [0.1, 0.15) is 0 Å². The molecule has 2 heterocycles. The zero-order chi connectivity index (χ0) is 31.9. The fourth-order valence-electron chi connectivity index (χ4n) is 7.53. The number of imidazole rings is 1. The number of benzene rings is 7. The van der Waals surface area contributed by atoms with E-state index < -0.39 is 8.07 Å². The topological polar surface area (TPSA) is 17.3 Å². The first-order valence-electron chi connectivity index (χ1n) is 16.5. The van der Waals surface area contributed by atoms with Crippen LogP contribution >= 0.6 is 0 Å². The second-order valence-corrected chi connectivity index (χ2v) is 16.2. The number of hydrogen-bond donors (Lipinski definition) is 0. The molecule has 0 atom stereocenters. The molecule has 7 aromatic carbocycles. The molecule has 0 saturated heterocycles. The van der Waals surface area contributed by atoms with E-state index in [-0.39, 0.29) is 0 Å². The van der Waals surface area contributed by atoms with Gasteiger partial charge >= 0.3 is 0 Å². The van der Waals surface area contributed by atoms with Crippen molar-refractivity contribution in [2.24, 2.45) is 0 Å². The first kappa shape index (κ1) is 28.2. The summed E-state index contributed by atoms with van der Waals surface area (Å²) in [6.07, 6.45) is 2.25. The second kappa shape index (κ2) is 11.6. The fraction of sp³-hybridized carbons (Fsp3) is 0. The third-order valence-electron chi connectivity index (χ3n) is 9.78. The Hall–Kier alpha value is -6.03. The maximum absolute atomic E-state index is 4.98. The Bertz CT molecular complexity index is 2420. The van der Waals surface area contributed by atoms with Gasteiger partial charge in [-0.3, -0.25) is 4.40 Å². The summed E-state index contributed by atoms with van der Waals surface area (Å²) in [4.78, 5) is 4.98. The molecule has 226 valence electrons. The average molecular weight is 629 g/mol. The van der Waals surface area contributed by atoms with Crippen LogP contribution < -0.4 is 20.7 Å². The molecule has 9 aromatic rings. The van der Waals surface area contributed by atoms with Crippen LogP contribution in [0.2, 0.25) is 0 Å². The molecule has 2 nitrogen and oxygen atoms in total. The van der Waals surface area contributed by atoms with E-state index >= 15 is 0 Å². The van der Waals surface area contributed by atoms with Gasteiger partial charge in [-0.2, -0.15) is 0 Å². The van der Waals surface area contributed by atoms with Gasteiger partial charge in [0.05, 0.1) is 11.0 Å². The number of rotatable bonds is 6. The van der Waals surface area contributed by atoms with Crippen molar-refractivity contribution in [1.29, 1.82) is 0 Å². The van der Waals surface area contributed by atoms with Gasteiger partial charge < -0.3 is 0 Å². The molecular weight excluding hydrogens is 597 g/mol. The van der Waals surface area contributed by atoms with Crippen molar-refractivity contribution in [2.45, 2.75) is 0 Å². The summed E-state index contributed by atoms with van der Waals surface area (Å²) >= 11 is 0. The van der Waals surface area contributed by atoms with E-state index in [0.717, 1.165) is 22.1 Å².